The molecule has 3 amide bonds. The Morgan fingerprint density at radius 2 is 1.78 bits per heavy atom. The van der Waals surface area contributed by atoms with Crippen molar-refractivity contribution < 1.29 is 29.0 Å². The number of aliphatic hydroxyl groups is 1. The zero-order valence-corrected chi connectivity index (χ0v) is 28.3. The number of piperazine rings is 1. The van der Waals surface area contributed by atoms with Gasteiger partial charge in [0, 0.05) is 45.7 Å². The Morgan fingerprint density at radius 1 is 1.11 bits per heavy atom. The van der Waals surface area contributed by atoms with E-state index in [0.29, 0.717) is 19.7 Å². The number of nitrogens with one attached hydrogen (secondary N) is 2. The molecule has 0 radical (unpaired) electrons. The second-order valence-corrected chi connectivity index (χ2v) is 14.1. The molecule has 2 aliphatic rings. The number of hydrogen-bond donors (Lipinski definition) is 3. The Kier molecular flexibility index (Phi) is 12.4. The number of β-amino-alcohol motifs (C(OH)–C–C–N with tert-alkyl or cyclic N) is 1. The van der Waals surface area contributed by atoms with Crippen molar-refractivity contribution in [1.82, 2.24) is 30.3 Å². The third kappa shape index (κ3) is 9.41. The number of carbonyl (C=O) groups is 4. The molecule has 0 bridgehead atoms. The van der Waals surface area contributed by atoms with E-state index in [9.17, 15) is 24.3 Å². The van der Waals surface area contributed by atoms with E-state index in [4.69, 9.17) is 4.74 Å². The van der Waals surface area contributed by atoms with Crippen LogP contribution in [0.2, 0.25) is 0 Å². The summed E-state index contributed by atoms with van der Waals surface area (Å²) in [7, 11) is 0. The summed E-state index contributed by atoms with van der Waals surface area (Å²) in [5, 5.41) is 16.5. The average Bonchev–Trinajstić information content (AvgIpc) is 3.63. The van der Waals surface area contributed by atoms with Gasteiger partial charge in [-0.25, -0.2) is 4.98 Å². The van der Waals surface area contributed by atoms with Gasteiger partial charge in [-0.05, 0) is 30.4 Å². The molecule has 12 nitrogen and oxygen atoms in total. The molecule has 13 heteroatoms. The highest BCUT2D eigenvalue weighted by atomic mass is 32.1. The fraction of sp³-hybridized carbons (Fsp3) is 0.606. The molecule has 0 spiro atoms. The van der Waals surface area contributed by atoms with Crippen molar-refractivity contribution in [3.8, 4) is 10.4 Å². The van der Waals surface area contributed by atoms with Crippen LogP contribution in [-0.2, 0) is 23.9 Å². The summed E-state index contributed by atoms with van der Waals surface area (Å²) in [5.41, 5.74) is 4.14. The first-order valence-electron chi connectivity index (χ1n) is 15.9. The quantitative estimate of drug-likeness (QED) is 0.217. The Bertz CT molecular complexity index is 1340. The molecule has 0 aliphatic carbocycles. The first kappa shape index (κ1) is 35.6. The first-order valence-corrected chi connectivity index (χ1v) is 16.8. The minimum Gasteiger partial charge on any atom is -0.391 e. The molecule has 3 N–H and O–H groups in total. The molecule has 2 unspecified atom stereocenters. The van der Waals surface area contributed by atoms with E-state index in [1.165, 1.54) is 4.90 Å². The molecule has 4 atom stereocenters. The van der Waals surface area contributed by atoms with Gasteiger partial charge in [0.05, 0.1) is 41.4 Å². The number of thiazole rings is 1. The van der Waals surface area contributed by atoms with E-state index in [2.05, 4.69) is 20.5 Å². The van der Waals surface area contributed by atoms with Gasteiger partial charge in [0.15, 0.2) is 0 Å². The van der Waals surface area contributed by atoms with Crippen molar-refractivity contribution in [2.75, 3.05) is 59.0 Å². The second-order valence-electron chi connectivity index (χ2n) is 13.2. The molecule has 0 saturated carbocycles. The largest absolute Gasteiger partial charge is 0.391 e. The highest BCUT2D eigenvalue weighted by Crippen LogP contribution is 2.29. The number of likely N-dealkylation sites (tertiary alicyclic amines) is 1. The minimum absolute atomic E-state index is 0.0230. The van der Waals surface area contributed by atoms with Gasteiger partial charge in [-0.3, -0.25) is 24.2 Å². The summed E-state index contributed by atoms with van der Waals surface area (Å²) in [4.78, 5) is 62.2. The minimum atomic E-state index is -0.878. The summed E-state index contributed by atoms with van der Waals surface area (Å²) in [6.07, 6.45) is 0.0247. The predicted molar refractivity (Wildman–Crippen MR) is 176 cm³/mol. The number of benzene rings is 1. The molecular formula is C33H48N6O6S. The van der Waals surface area contributed by atoms with E-state index in [-0.39, 0.29) is 49.9 Å². The topological polar surface area (TPSA) is 144 Å². The van der Waals surface area contributed by atoms with Crippen molar-refractivity contribution in [3.63, 3.8) is 0 Å². The molecule has 4 rings (SSSR count). The highest BCUT2D eigenvalue weighted by Gasteiger charge is 2.44. The Balaban J connectivity index is 1.34. The van der Waals surface area contributed by atoms with Gasteiger partial charge in [0.1, 0.15) is 25.0 Å². The van der Waals surface area contributed by atoms with Gasteiger partial charge in [-0.15, -0.1) is 11.3 Å². The first-order chi connectivity index (χ1) is 21.9. The van der Waals surface area contributed by atoms with E-state index in [0.717, 1.165) is 47.6 Å². The van der Waals surface area contributed by atoms with Gasteiger partial charge in [-0.1, -0.05) is 45.0 Å². The van der Waals surface area contributed by atoms with Crippen LogP contribution >= 0.6 is 11.3 Å². The van der Waals surface area contributed by atoms with Crippen molar-refractivity contribution in [3.05, 3.63) is 41.0 Å². The van der Waals surface area contributed by atoms with Gasteiger partial charge in [0.2, 0.25) is 17.7 Å². The van der Waals surface area contributed by atoms with Gasteiger partial charge < -0.3 is 30.2 Å². The monoisotopic (exact) mass is 656 g/mol. The molecule has 2 aliphatic heterocycles. The van der Waals surface area contributed by atoms with Gasteiger partial charge in [-0.2, -0.15) is 0 Å². The smallest absolute Gasteiger partial charge is 0.246 e. The molecular weight excluding hydrogens is 608 g/mol. The van der Waals surface area contributed by atoms with Crippen molar-refractivity contribution >= 4 is 35.3 Å². The number of amides is 3. The number of ether oxygens (including phenoxy) is 1. The number of aliphatic hydroxyl groups excluding tert-OH is 1. The average molecular weight is 657 g/mol. The number of hydrogen-bond acceptors (Lipinski definition) is 10. The van der Waals surface area contributed by atoms with Gasteiger partial charge >= 0.3 is 0 Å². The second kappa shape index (κ2) is 16.1. The third-order valence-electron chi connectivity index (χ3n) is 8.63. The predicted octanol–water partition coefficient (Wildman–Crippen LogP) is 1.62. The van der Waals surface area contributed by atoms with Crippen LogP contribution < -0.4 is 10.6 Å². The normalized spacial score (nSPS) is 20.7. The number of aromatic nitrogens is 1. The molecule has 2 saturated heterocycles. The third-order valence-corrected chi connectivity index (χ3v) is 9.61. The van der Waals surface area contributed by atoms with E-state index >= 15 is 0 Å². The van der Waals surface area contributed by atoms with Gasteiger partial charge in [0.25, 0.3) is 0 Å². The molecule has 1 aromatic heterocycles. The molecule has 1 aromatic carbocycles. The Labute approximate surface area is 275 Å². The SMILES string of the molecule is Cc1ncsc1-c1ccc(C(C)NC(=O)[C@@H]2C[C@@H](O)CN2C(=O)C(NC(=O)CN2CCN(CCOCC=O)CC2)C(C)(C)C)cc1. The van der Waals surface area contributed by atoms with Crippen LogP contribution in [0.25, 0.3) is 10.4 Å². The standard InChI is InChI=1S/C33H48N6O6S/c1-22(24-6-8-25(9-7-24)29-23(2)34-21-46-29)35-31(43)27-18-26(41)19-39(27)32(44)30(33(3,4)5)36-28(42)20-38-12-10-37(11-13-38)14-16-45-17-15-40/h6-9,15,21-22,26-27,30,41H,10-14,16-20H2,1-5H3,(H,35,43)(H,36,42)/t22?,26-,27+,30?/m1/s1. The fourth-order valence-electron chi connectivity index (χ4n) is 5.92. The maximum absolute atomic E-state index is 14.0. The van der Waals surface area contributed by atoms with E-state index in [1.807, 2.05) is 69.3 Å². The number of nitrogens with zero attached hydrogens (tertiary/aromatic N) is 4. The maximum atomic E-state index is 14.0. The summed E-state index contributed by atoms with van der Waals surface area (Å²) >= 11 is 1.58. The lowest BCUT2D eigenvalue weighted by atomic mass is 9.85. The summed E-state index contributed by atoms with van der Waals surface area (Å²) in [5.74, 6) is -0.981. The lowest BCUT2D eigenvalue weighted by molar-refractivity contribution is -0.144. The Morgan fingerprint density at radius 3 is 2.39 bits per heavy atom. The van der Waals surface area contributed by atoms with E-state index < -0.39 is 23.6 Å². The Hall–Kier alpha value is -3.23. The van der Waals surface area contributed by atoms with Crippen molar-refractivity contribution in [2.24, 2.45) is 5.41 Å². The zero-order valence-electron chi connectivity index (χ0n) is 27.5. The van der Waals surface area contributed by atoms with Crippen LogP contribution in [0.15, 0.2) is 29.8 Å². The molecule has 3 heterocycles. The molecule has 252 valence electrons. The number of rotatable bonds is 13. The maximum Gasteiger partial charge on any atom is 0.246 e. The molecule has 46 heavy (non-hydrogen) atoms. The van der Waals surface area contributed by atoms with Crippen molar-refractivity contribution in [2.45, 2.75) is 65.3 Å². The van der Waals surface area contributed by atoms with Crippen LogP contribution in [0.4, 0.5) is 0 Å². The van der Waals surface area contributed by atoms with Crippen molar-refractivity contribution in [1.29, 1.82) is 0 Å². The van der Waals surface area contributed by atoms with Crippen LogP contribution in [-0.4, -0.2) is 126 Å². The number of aldehydes is 1. The fourth-order valence-corrected chi connectivity index (χ4v) is 6.73. The van der Waals surface area contributed by atoms with Crippen LogP contribution in [0, 0.1) is 12.3 Å². The lowest BCUT2D eigenvalue weighted by Gasteiger charge is -2.37. The lowest BCUT2D eigenvalue weighted by Crippen LogP contribution is -2.59. The molecule has 2 aromatic rings. The highest BCUT2D eigenvalue weighted by molar-refractivity contribution is 7.13. The van der Waals surface area contributed by atoms with Crippen LogP contribution in [0.5, 0.6) is 0 Å². The number of aryl methyl sites for hydroxylation is 1. The van der Waals surface area contributed by atoms with Crippen LogP contribution in [0.3, 0.4) is 0 Å². The summed E-state index contributed by atoms with van der Waals surface area (Å²) in [6.45, 7) is 13.9. The zero-order chi connectivity index (χ0) is 33.4. The van der Waals surface area contributed by atoms with Crippen LogP contribution in [0.1, 0.15) is 51.4 Å². The molecule has 2 fully saturated rings. The number of carbonyl (C=O) groups excluding carboxylic acids is 4. The van der Waals surface area contributed by atoms with E-state index in [1.54, 1.807) is 11.3 Å². The summed E-state index contributed by atoms with van der Waals surface area (Å²) in [6, 6.07) is 5.92. The summed E-state index contributed by atoms with van der Waals surface area (Å²) < 4.78 is 5.24.